The molecular weight excluding hydrogens is 436 g/mol. The molecule has 34 heavy (non-hydrogen) atoms. The van der Waals surface area contributed by atoms with Gasteiger partial charge in [-0.1, -0.05) is 24.6 Å². The van der Waals surface area contributed by atoms with Gasteiger partial charge in [-0.2, -0.15) is 0 Å². The third-order valence-corrected chi connectivity index (χ3v) is 8.09. The number of carboxylic acids is 1. The first kappa shape index (κ1) is 26.1. The lowest BCUT2D eigenvalue weighted by atomic mass is 9.54. The second-order valence-corrected chi connectivity index (χ2v) is 10.7. The Morgan fingerprint density at radius 1 is 1.12 bits per heavy atom. The zero-order chi connectivity index (χ0) is 25.6. The van der Waals surface area contributed by atoms with Crippen LogP contribution in [0.5, 0.6) is 0 Å². The molecule has 0 bridgehead atoms. The molecule has 0 amide bonds. The molecule has 3 rings (SSSR count). The molecule has 4 N–H and O–H groups in total. The number of aliphatic carboxylic acids is 1. The highest BCUT2D eigenvalue weighted by molar-refractivity contribution is 6.50. The molecule has 0 spiro atoms. The highest BCUT2D eigenvalue weighted by Crippen LogP contribution is 2.61. The van der Waals surface area contributed by atoms with Gasteiger partial charge in [0, 0.05) is 33.6 Å². The summed E-state index contributed by atoms with van der Waals surface area (Å²) in [5, 5.41) is 42.7. The molecule has 0 aromatic rings. The van der Waals surface area contributed by atoms with E-state index in [4.69, 9.17) is 0 Å². The predicted molar refractivity (Wildman–Crippen MR) is 127 cm³/mol. The Morgan fingerprint density at radius 2 is 1.76 bits per heavy atom. The number of carbonyl (C=O) groups is 3. The zero-order valence-corrected chi connectivity index (χ0v) is 20.6. The highest BCUT2D eigenvalue weighted by Gasteiger charge is 2.62. The van der Waals surface area contributed by atoms with E-state index in [1.807, 2.05) is 26.8 Å². The lowest BCUT2D eigenvalue weighted by Gasteiger charge is -2.50. The van der Waals surface area contributed by atoms with Gasteiger partial charge in [0.15, 0.2) is 0 Å². The summed E-state index contributed by atoms with van der Waals surface area (Å²) in [6.45, 7) is 8.76. The lowest BCUT2D eigenvalue weighted by molar-refractivity contribution is -0.135. The molecule has 3 aliphatic carbocycles. The third-order valence-electron chi connectivity index (χ3n) is 8.09. The minimum absolute atomic E-state index is 0.0408. The Bertz CT molecular complexity index is 1040. The molecule has 0 unspecified atom stereocenters. The molecule has 0 aromatic heterocycles. The van der Waals surface area contributed by atoms with E-state index >= 15 is 0 Å². The molecule has 7 nitrogen and oxygen atoms in total. The fourth-order valence-corrected chi connectivity index (χ4v) is 6.23. The molecule has 1 fully saturated rings. The third kappa shape index (κ3) is 4.31. The van der Waals surface area contributed by atoms with E-state index in [9.17, 15) is 34.8 Å². The molecule has 0 aliphatic heterocycles. The van der Waals surface area contributed by atoms with Crippen molar-refractivity contribution in [3.8, 4) is 0 Å². The van der Waals surface area contributed by atoms with Gasteiger partial charge < -0.3 is 20.4 Å². The fourth-order valence-electron chi connectivity index (χ4n) is 6.23. The minimum Gasteiger partial charge on any atom is -0.507 e. The van der Waals surface area contributed by atoms with Gasteiger partial charge in [-0.05, 0) is 72.1 Å². The standard InChI is InChI=1S/C27H36O7/c1-14(2)8-6-9-16(25(32)33)10-7-12-26(4)17-11-13-27(5,34)19(17)23(30)18-20(26)24(31)22(29)15(3)21(18)28/h8,10,17,19,23,28,30,34H,6-7,9,11-13H2,1-5H3,(H,32,33)/b16-10-/t17-,19-,23-,26+,27-/m1/s1. The number of aliphatic hydroxyl groups excluding tert-OH is 2. The number of carbonyl (C=O) groups excluding carboxylic acids is 2. The Morgan fingerprint density at radius 3 is 2.35 bits per heavy atom. The number of ketones is 2. The summed E-state index contributed by atoms with van der Waals surface area (Å²) >= 11 is 0. The van der Waals surface area contributed by atoms with Crippen LogP contribution in [0.3, 0.4) is 0 Å². The molecule has 3 aliphatic rings. The SMILES string of the molecule is CC(C)=CCC/C(=C/CC[C@]1(C)C2=C(C(O)=C(C)C(=O)C2=O)[C@@H](O)[C@H]2[C@H]1CC[C@@]2(C)O)C(=O)O. The van der Waals surface area contributed by atoms with Crippen molar-refractivity contribution < 1.29 is 34.8 Å². The van der Waals surface area contributed by atoms with Gasteiger partial charge in [-0.3, -0.25) is 9.59 Å². The van der Waals surface area contributed by atoms with Crippen LogP contribution in [0, 0.1) is 17.3 Å². The summed E-state index contributed by atoms with van der Waals surface area (Å²) < 4.78 is 0. The number of carboxylic acid groups (broad SMARTS) is 1. The van der Waals surface area contributed by atoms with Crippen LogP contribution in [-0.2, 0) is 14.4 Å². The van der Waals surface area contributed by atoms with E-state index in [1.165, 1.54) is 6.92 Å². The maximum absolute atomic E-state index is 13.2. The van der Waals surface area contributed by atoms with Gasteiger partial charge >= 0.3 is 5.97 Å². The summed E-state index contributed by atoms with van der Waals surface area (Å²) in [6.07, 6.45) is 5.01. The molecular formula is C27H36O7. The number of allylic oxidation sites excluding steroid dienone is 5. The highest BCUT2D eigenvalue weighted by atomic mass is 16.4. The van der Waals surface area contributed by atoms with Crippen molar-refractivity contribution in [3.63, 3.8) is 0 Å². The van der Waals surface area contributed by atoms with Crippen LogP contribution >= 0.6 is 0 Å². The van der Waals surface area contributed by atoms with Gasteiger partial charge in [0.1, 0.15) is 5.76 Å². The second-order valence-electron chi connectivity index (χ2n) is 10.7. The average Bonchev–Trinajstić information content (AvgIpc) is 3.07. The van der Waals surface area contributed by atoms with Crippen LogP contribution in [0.2, 0.25) is 0 Å². The number of aliphatic hydroxyl groups is 3. The summed E-state index contributed by atoms with van der Waals surface area (Å²) in [4.78, 5) is 37.6. The number of hydrogen-bond donors (Lipinski definition) is 4. The number of Topliss-reactive ketones (excluding diaryl/α,β-unsaturated/α-hetero) is 2. The quantitative estimate of drug-likeness (QED) is 0.191. The van der Waals surface area contributed by atoms with E-state index in [0.717, 1.165) is 5.57 Å². The average molecular weight is 473 g/mol. The molecule has 186 valence electrons. The topological polar surface area (TPSA) is 132 Å². The monoisotopic (exact) mass is 472 g/mol. The maximum Gasteiger partial charge on any atom is 0.331 e. The predicted octanol–water partition coefficient (Wildman–Crippen LogP) is 3.96. The molecule has 1 saturated carbocycles. The molecule has 0 aromatic carbocycles. The van der Waals surface area contributed by atoms with Gasteiger partial charge in [0.05, 0.1) is 11.7 Å². The minimum atomic E-state index is -1.27. The summed E-state index contributed by atoms with van der Waals surface area (Å²) in [6, 6.07) is 0. The molecule has 0 heterocycles. The van der Waals surface area contributed by atoms with Crippen molar-refractivity contribution in [1.82, 2.24) is 0 Å². The first-order valence-electron chi connectivity index (χ1n) is 11.9. The van der Waals surface area contributed by atoms with Crippen LogP contribution in [0.25, 0.3) is 0 Å². The fraction of sp³-hybridized carbons (Fsp3) is 0.593. The van der Waals surface area contributed by atoms with E-state index in [-0.39, 0.29) is 34.0 Å². The Kier molecular flexibility index (Phi) is 7.11. The number of fused-ring (bicyclic) bond motifs is 1. The van der Waals surface area contributed by atoms with Crippen LogP contribution in [0.15, 0.2) is 45.8 Å². The number of hydrogen-bond acceptors (Lipinski definition) is 6. The Labute approximate surface area is 200 Å². The van der Waals surface area contributed by atoms with Crippen molar-refractivity contribution in [2.45, 2.75) is 84.8 Å². The summed E-state index contributed by atoms with van der Waals surface area (Å²) in [5.41, 5.74) is -0.670. The zero-order valence-electron chi connectivity index (χ0n) is 20.6. The van der Waals surface area contributed by atoms with Crippen LogP contribution in [0.4, 0.5) is 0 Å². The summed E-state index contributed by atoms with van der Waals surface area (Å²) in [5.74, 6) is -3.82. The molecule has 7 heteroatoms. The van der Waals surface area contributed by atoms with Gasteiger partial charge in [0.25, 0.3) is 0 Å². The van der Waals surface area contributed by atoms with Crippen molar-refractivity contribution in [2.24, 2.45) is 17.3 Å². The van der Waals surface area contributed by atoms with Crippen LogP contribution in [-0.4, -0.2) is 49.7 Å². The van der Waals surface area contributed by atoms with Gasteiger partial charge in [0.2, 0.25) is 11.6 Å². The largest absolute Gasteiger partial charge is 0.507 e. The second kappa shape index (κ2) is 9.27. The Hall–Kier alpha value is -2.51. The first-order chi connectivity index (χ1) is 15.7. The van der Waals surface area contributed by atoms with Crippen molar-refractivity contribution in [3.05, 3.63) is 45.8 Å². The van der Waals surface area contributed by atoms with Crippen molar-refractivity contribution in [2.75, 3.05) is 0 Å². The smallest absolute Gasteiger partial charge is 0.331 e. The van der Waals surface area contributed by atoms with E-state index in [2.05, 4.69) is 0 Å². The van der Waals surface area contributed by atoms with Crippen molar-refractivity contribution in [1.29, 1.82) is 0 Å². The van der Waals surface area contributed by atoms with E-state index in [0.29, 0.717) is 38.5 Å². The van der Waals surface area contributed by atoms with Gasteiger partial charge in [-0.25, -0.2) is 4.79 Å². The van der Waals surface area contributed by atoms with Crippen molar-refractivity contribution >= 4 is 17.5 Å². The molecule has 0 radical (unpaired) electrons. The lowest BCUT2D eigenvalue weighted by Crippen LogP contribution is -2.53. The van der Waals surface area contributed by atoms with E-state index in [1.54, 1.807) is 13.0 Å². The molecule has 5 atom stereocenters. The normalized spacial score (nSPS) is 33.7. The molecule has 0 saturated heterocycles. The van der Waals surface area contributed by atoms with Crippen LogP contribution in [0.1, 0.15) is 73.1 Å². The summed E-state index contributed by atoms with van der Waals surface area (Å²) in [7, 11) is 0. The van der Waals surface area contributed by atoms with E-state index < -0.39 is 40.6 Å². The van der Waals surface area contributed by atoms with Gasteiger partial charge in [-0.15, -0.1) is 0 Å². The van der Waals surface area contributed by atoms with Crippen LogP contribution < -0.4 is 0 Å². The number of rotatable bonds is 7. The first-order valence-corrected chi connectivity index (χ1v) is 11.9. The maximum atomic E-state index is 13.2. The Balaban J connectivity index is 2.03.